The normalized spacial score (nSPS) is 14.8. The van der Waals surface area contributed by atoms with Gasteiger partial charge < -0.3 is 15.9 Å². The van der Waals surface area contributed by atoms with E-state index in [0.717, 1.165) is 0 Å². The second-order valence-corrected chi connectivity index (χ2v) is 6.15. The molecule has 6 nitrogen and oxygen atoms in total. The van der Waals surface area contributed by atoms with E-state index in [4.69, 9.17) is 5.73 Å². The van der Waals surface area contributed by atoms with E-state index in [2.05, 4.69) is 15.2 Å². The van der Waals surface area contributed by atoms with Gasteiger partial charge in [0.25, 0.3) is 0 Å². The van der Waals surface area contributed by atoms with Crippen LogP contribution in [0.15, 0.2) is 63.7 Å². The Labute approximate surface area is 153 Å². The summed E-state index contributed by atoms with van der Waals surface area (Å²) in [5.41, 5.74) is 7.27. The SMILES string of the molecule is CC(CN=Cc1ccccc1O)C(C)C(N)=N/N=C/c1ccccc1O. The number of hydrogen-bond donors (Lipinski definition) is 3. The van der Waals surface area contributed by atoms with Gasteiger partial charge in [0, 0.05) is 29.8 Å². The maximum absolute atomic E-state index is 9.72. The molecule has 0 aliphatic rings. The lowest BCUT2D eigenvalue weighted by atomic mass is 9.95. The smallest absolute Gasteiger partial charge is 0.125 e. The van der Waals surface area contributed by atoms with Crippen molar-refractivity contribution < 1.29 is 10.2 Å². The molecule has 0 aliphatic heterocycles. The van der Waals surface area contributed by atoms with Crippen LogP contribution >= 0.6 is 0 Å². The molecule has 0 amide bonds. The maximum Gasteiger partial charge on any atom is 0.125 e. The zero-order valence-corrected chi connectivity index (χ0v) is 14.9. The fraction of sp³-hybridized carbons (Fsp3) is 0.250. The molecular formula is C20H24N4O2. The van der Waals surface area contributed by atoms with E-state index >= 15 is 0 Å². The van der Waals surface area contributed by atoms with E-state index in [9.17, 15) is 10.2 Å². The number of rotatable bonds is 7. The minimum atomic E-state index is -0.0157. The molecule has 0 aliphatic carbocycles. The summed E-state index contributed by atoms with van der Waals surface area (Å²) >= 11 is 0. The van der Waals surface area contributed by atoms with E-state index < -0.39 is 0 Å². The predicted octanol–water partition coefficient (Wildman–Crippen LogP) is 3.18. The number of aromatic hydroxyl groups is 2. The highest BCUT2D eigenvalue weighted by Crippen LogP contribution is 2.15. The van der Waals surface area contributed by atoms with Gasteiger partial charge in [-0.05, 0) is 30.2 Å². The molecule has 26 heavy (non-hydrogen) atoms. The van der Waals surface area contributed by atoms with Crippen LogP contribution in [0.3, 0.4) is 0 Å². The average Bonchev–Trinajstić information content (AvgIpc) is 2.64. The average molecular weight is 352 g/mol. The summed E-state index contributed by atoms with van der Waals surface area (Å²) < 4.78 is 0. The van der Waals surface area contributed by atoms with Crippen molar-refractivity contribution in [2.24, 2.45) is 32.8 Å². The summed E-state index contributed by atoms with van der Waals surface area (Å²) in [6.45, 7) is 4.55. The summed E-state index contributed by atoms with van der Waals surface area (Å²) in [5, 5.41) is 27.4. The number of benzene rings is 2. The molecule has 2 atom stereocenters. The van der Waals surface area contributed by atoms with Crippen LogP contribution in [0, 0.1) is 11.8 Å². The second kappa shape index (κ2) is 9.36. The van der Waals surface area contributed by atoms with Crippen LogP contribution in [0.4, 0.5) is 0 Å². The van der Waals surface area contributed by atoms with Gasteiger partial charge in [-0.3, -0.25) is 4.99 Å². The van der Waals surface area contributed by atoms with Gasteiger partial charge in [-0.2, -0.15) is 5.10 Å². The largest absolute Gasteiger partial charge is 0.507 e. The minimum absolute atomic E-state index is 0.0157. The van der Waals surface area contributed by atoms with Crippen LogP contribution < -0.4 is 5.73 Å². The van der Waals surface area contributed by atoms with Crippen LogP contribution in [-0.4, -0.2) is 35.0 Å². The fourth-order valence-corrected chi connectivity index (χ4v) is 2.21. The lowest BCUT2D eigenvalue weighted by molar-refractivity contribution is 0.473. The molecule has 0 bridgehead atoms. The summed E-state index contributed by atoms with van der Waals surface area (Å²) in [6.07, 6.45) is 3.12. The van der Waals surface area contributed by atoms with E-state index in [1.54, 1.807) is 48.7 Å². The second-order valence-electron chi connectivity index (χ2n) is 6.15. The highest BCUT2D eigenvalue weighted by atomic mass is 16.3. The first-order valence-electron chi connectivity index (χ1n) is 8.41. The highest BCUT2D eigenvalue weighted by molar-refractivity contribution is 5.86. The zero-order valence-electron chi connectivity index (χ0n) is 14.9. The van der Waals surface area contributed by atoms with Crippen molar-refractivity contribution >= 4 is 18.3 Å². The van der Waals surface area contributed by atoms with Gasteiger partial charge in [-0.1, -0.05) is 38.1 Å². The molecule has 0 radical (unpaired) electrons. The number of amidine groups is 1. The topological polar surface area (TPSA) is 104 Å². The number of phenolic OH excluding ortho intramolecular Hbond substituents is 2. The molecular weight excluding hydrogens is 328 g/mol. The summed E-state index contributed by atoms with van der Waals surface area (Å²) in [4.78, 5) is 4.38. The van der Waals surface area contributed by atoms with Gasteiger partial charge in [0.05, 0.1) is 6.21 Å². The van der Waals surface area contributed by atoms with Crippen molar-refractivity contribution in [2.45, 2.75) is 13.8 Å². The Morgan fingerprint density at radius 1 is 0.962 bits per heavy atom. The number of nitrogens with zero attached hydrogens (tertiary/aromatic N) is 3. The summed E-state index contributed by atoms with van der Waals surface area (Å²) in [6, 6.07) is 13.9. The Bertz CT molecular complexity index is 815. The van der Waals surface area contributed by atoms with E-state index in [1.165, 1.54) is 6.21 Å². The van der Waals surface area contributed by atoms with Crippen molar-refractivity contribution in [3.8, 4) is 11.5 Å². The Morgan fingerprint density at radius 3 is 2.08 bits per heavy atom. The number of para-hydroxylation sites is 2. The molecule has 2 aromatic carbocycles. The third kappa shape index (κ3) is 5.44. The number of aliphatic imine (C=N–C) groups is 1. The molecule has 0 spiro atoms. The van der Waals surface area contributed by atoms with Crippen LogP contribution in [0.25, 0.3) is 0 Å². The lowest BCUT2D eigenvalue weighted by Crippen LogP contribution is -2.27. The van der Waals surface area contributed by atoms with Gasteiger partial charge in [0.1, 0.15) is 17.3 Å². The molecule has 2 rings (SSSR count). The summed E-state index contributed by atoms with van der Waals surface area (Å²) in [5.74, 6) is 0.891. The first kappa shape index (κ1) is 19.2. The first-order chi connectivity index (χ1) is 12.5. The molecule has 2 unspecified atom stereocenters. The predicted molar refractivity (Wildman–Crippen MR) is 106 cm³/mol. The molecule has 0 aromatic heterocycles. The number of hydrogen-bond acceptors (Lipinski definition) is 5. The third-order valence-electron chi connectivity index (χ3n) is 4.19. The van der Waals surface area contributed by atoms with Crippen molar-refractivity contribution in [1.82, 2.24) is 0 Å². The van der Waals surface area contributed by atoms with Gasteiger partial charge >= 0.3 is 0 Å². The van der Waals surface area contributed by atoms with Crippen molar-refractivity contribution in [3.05, 3.63) is 59.7 Å². The lowest BCUT2D eigenvalue weighted by Gasteiger charge is -2.16. The monoisotopic (exact) mass is 352 g/mol. The van der Waals surface area contributed by atoms with Crippen molar-refractivity contribution in [1.29, 1.82) is 0 Å². The van der Waals surface area contributed by atoms with Crippen molar-refractivity contribution in [2.75, 3.05) is 6.54 Å². The Kier molecular flexibility index (Phi) is 6.91. The molecule has 0 saturated carbocycles. The van der Waals surface area contributed by atoms with Crippen LogP contribution in [0.2, 0.25) is 0 Å². The Morgan fingerprint density at radius 2 is 1.50 bits per heavy atom. The number of phenols is 2. The minimum Gasteiger partial charge on any atom is -0.507 e. The highest BCUT2D eigenvalue weighted by Gasteiger charge is 2.15. The van der Waals surface area contributed by atoms with Crippen LogP contribution in [0.5, 0.6) is 11.5 Å². The molecule has 0 saturated heterocycles. The fourth-order valence-electron chi connectivity index (χ4n) is 2.21. The molecule has 6 heteroatoms. The van der Waals surface area contributed by atoms with Gasteiger partial charge in [-0.25, -0.2) is 0 Å². The third-order valence-corrected chi connectivity index (χ3v) is 4.19. The first-order valence-corrected chi connectivity index (χ1v) is 8.41. The summed E-state index contributed by atoms with van der Waals surface area (Å²) in [7, 11) is 0. The van der Waals surface area contributed by atoms with Gasteiger partial charge in [0.2, 0.25) is 0 Å². The van der Waals surface area contributed by atoms with E-state index in [-0.39, 0.29) is 23.3 Å². The Hall–Kier alpha value is -3.15. The van der Waals surface area contributed by atoms with Gasteiger partial charge in [-0.15, -0.1) is 5.10 Å². The standard InChI is InChI=1S/C20H24N4O2/c1-14(11-22-12-16-7-3-5-9-18(16)25)15(2)20(21)24-23-13-17-8-4-6-10-19(17)26/h3-10,12-15,25-26H,11H2,1-2H3,(H2,21,24)/b22-12?,23-13+. The maximum atomic E-state index is 9.72. The molecule has 2 aromatic rings. The van der Waals surface area contributed by atoms with Gasteiger partial charge in [0.15, 0.2) is 0 Å². The Balaban J connectivity index is 1.93. The van der Waals surface area contributed by atoms with Crippen LogP contribution in [-0.2, 0) is 0 Å². The molecule has 0 heterocycles. The molecule has 0 fully saturated rings. The molecule has 136 valence electrons. The van der Waals surface area contributed by atoms with Crippen molar-refractivity contribution in [3.63, 3.8) is 0 Å². The molecule has 4 N–H and O–H groups in total. The van der Waals surface area contributed by atoms with E-state index in [1.807, 2.05) is 19.9 Å². The number of nitrogens with two attached hydrogens (primary N) is 1. The quantitative estimate of drug-likeness (QED) is 0.405. The van der Waals surface area contributed by atoms with E-state index in [0.29, 0.717) is 23.5 Å². The zero-order chi connectivity index (χ0) is 18.9. The van der Waals surface area contributed by atoms with Crippen LogP contribution in [0.1, 0.15) is 25.0 Å².